The Hall–Kier alpha value is -2.57. The Labute approximate surface area is 135 Å². The molecule has 0 heterocycles. The normalized spacial score (nSPS) is 12.0. The van der Waals surface area contributed by atoms with E-state index in [-0.39, 0.29) is 13.2 Å². The molecule has 0 spiro atoms. The van der Waals surface area contributed by atoms with Crippen molar-refractivity contribution in [3.8, 4) is 0 Å². The van der Waals surface area contributed by atoms with E-state index >= 15 is 0 Å². The summed E-state index contributed by atoms with van der Waals surface area (Å²) in [4.78, 5) is 34.0. The van der Waals surface area contributed by atoms with Gasteiger partial charge < -0.3 is 24.9 Å². The van der Waals surface area contributed by atoms with Crippen LogP contribution in [0.25, 0.3) is 0 Å². The van der Waals surface area contributed by atoms with Crippen LogP contribution in [0.2, 0.25) is 0 Å². The zero-order chi connectivity index (χ0) is 17.3. The lowest BCUT2D eigenvalue weighted by molar-refractivity contribution is -0.109. The molecule has 7 nitrogen and oxygen atoms in total. The van der Waals surface area contributed by atoms with Crippen molar-refractivity contribution in [2.45, 2.75) is 39.0 Å². The van der Waals surface area contributed by atoms with E-state index in [4.69, 9.17) is 9.47 Å². The summed E-state index contributed by atoms with van der Waals surface area (Å²) in [7, 11) is 0. The molecule has 0 aliphatic heterocycles. The largest absolute Gasteiger partial charge is 0.445 e. The Morgan fingerprint density at radius 2 is 1.83 bits per heavy atom. The number of aldehydes is 1. The number of carbonyl (C=O) groups is 3. The number of ether oxygens (including phenoxy) is 2. The van der Waals surface area contributed by atoms with Crippen molar-refractivity contribution in [3.05, 3.63) is 35.9 Å². The van der Waals surface area contributed by atoms with Gasteiger partial charge in [-0.25, -0.2) is 9.59 Å². The van der Waals surface area contributed by atoms with Crippen LogP contribution in [-0.2, 0) is 20.9 Å². The first-order chi connectivity index (χ1) is 10.8. The summed E-state index contributed by atoms with van der Waals surface area (Å²) >= 11 is 0. The average molecular weight is 322 g/mol. The molecule has 1 aromatic rings. The van der Waals surface area contributed by atoms with E-state index < -0.39 is 23.8 Å². The number of alkyl carbamates (subject to hydrolysis) is 2. The maximum atomic E-state index is 11.6. The molecule has 2 N–H and O–H groups in total. The third-order valence-electron chi connectivity index (χ3n) is 2.55. The van der Waals surface area contributed by atoms with Gasteiger partial charge in [0.1, 0.15) is 24.5 Å². The molecule has 126 valence electrons. The van der Waals surface area contributed by atoms with E-state index in [2.05, 4.69) is 10.6 Å². The van der Waals surface area contributed by atoms with Gasteiger partial charge in [0.2, 0.25) is 0 Å². The van der Waals surface area contributed by atoms with Crippen LogP contribution in [0, 0.1) is 0 Å². The molecule has 0 fully saturated rings. The van der Waals surface area contributed by atoms with Crippen molar-refractivity contribution in [2.75, 3.05) is 6.54 Å². The average Bonchev–Trinajstić information content (AvgIpc) is 2.48. The lowest BCUT2D eigenvalue weighted by atomic mass is 10.2. The predicted octanol–water partition coefficient (Wildman–Crippen LogP) is 2.00. The van der Waals surface area contributed by atoms with Crippen LogP contribution in [0.5, 0.6) is 0 Å². The SMILES string of the molecule is CC(C)(C)OC(=O)NC(C=O)CNC(=O)OCc1ccccc1. The van der Waals surface area contributed by atoms with Gasteiger partial charge in [0.25, 0.3) is 0 Å². The highest BCUT2D eigenvalue weighted by Crippen LogP contribution is 2.06. The fraction of sp³-hybridized carbons (Fsp3) is 0.438. The van der Waals surface area contributed by atoms with Gasteiger partial charge in [-0.15, -0.1) is 0 Å². The summed E-state index contributed by atoms with van der Waals surface area (Å²) in [5, 5.41) is 4.76. The topological polar surface area (TPSA) is 93.7 Å². The smallest absolute Gasteiger partial charge is 0.408 e. The summed E-state index contributed by atoms with van der Waals surface area (Å²) in [5.41, 5.74) is 0.181. The zero-order valence-electron chi connectivity index (χ0n) is 13.5. The maximum absolute atomic E-state index is 11.6. The minimum atomic E-state index is -0.894. The molecule has 0 bridgehead atoms. The Morgan fingerprint density at radius 3 is 2.39 bits per heavy atom. The van der Waals surface area contributed by atoms with Crippen molar-refractivity contribution < 1.29 is 23.9 Å². The second-order valence-electron chi connectivity index (χ2n) is 5.83. The molecule has 0 saturated carbocycles. The van der Waals surface area contributed by atoms with Crippen LogP contribution in [-0.4, -0.2) is 36.7 Å². The van der Waals surface area contributed by atoms with Crippen molar-refractivity contribution in [2.24, 2.45) is 0 Å². The van der Waals surface area contributed by atoms with Gasteiger partial charge in [-0.3, -0.25) is 0 Å². The summed E-state index contributed by atoms with van der Waals surface area (Å²) in [6.07, 6.45) is -0.887. The molecular formula is C16H22N2O5. The van der Waals surface area contributed by atoms with Crippen LogP contribution in [0.4, 0.5) is 9.59 Å². The highest BCUT2D eigenvalue weighted by atomic mass is 16.6. The Morgan fingerprint density at radius 1 is 1.17 bits per heavy atom. The number of benzene rings is 1. The van der Waals surface area contributed by atoms with Gasteiger partial charge in [-0.05, 0) is 26.3 Å². The summed E-state index contributed by atoms with van der Waals surface area (Å²) in [6.45, 7) is 5.17. The molecule has 1 aromatic carbocycles. The minimum Gasteiger partial charge on any atom is -0.445 e. The van der Waals surface area contributed by atoms with Crippen LogP contribution in [0.1, 0.15) is 26.3 Å². The first-order valence-electron chi connectivity index (χ1n) is 7.19. The summed E-state index contributed by atoms with van der Waals surface area (Å²) in [6, 6.07) is 8.29. The number of hydrogen-bond donors (Lipinski definition) is 2. The van der Waals surface area contributed by atoms with Crippen molar-refractivity contribution in [1.29, 1.82) is 0 Å². The Bertz CT molecular complexity index is 525. The van der Waals surface area contributed by atoms with Crippen molar-refractivity contribution in [1.82, 2.24) is 10.6 Å². The van der Waals surface area contributed by atoms with Gasteiger partial charge in [0.15, 0.2) is 0 Å². The molecular weight excluding hydrogens is 300 g/mol. The Kier molecular flexibility index (Phi) is 7.05. The third-order valence-corrected chi connectivity index (χ3v) is 2.55. The molecule has 0 aromatic heterocycles. The molecule has 0 radical (unpaired) electrons. The van der Waals surface area contributed by atoms with E-state index in [1.54, 1.807) is 20.8 Å². The molecule has 1 unspecified atom stereocenters. The molecule has 1 atom stereocenters. The van der Waals surface area contributed by atoms with Gasteiger partial charge in [0.05, 0.1) is 0 Å². The lowest BCUT2D eigenvalue weighted by Crippen LogP contribution is -2.46. The van der Waals surface area contributed by atoms with E-state index in [0.717, 1.165) is 5.56 Å². The fourth-order valence-electron chi connectivity index (χ4n) is 1.56. The molecule has 0 aliphatic carbocycles. The van der Waals surface area contributed by atoms with Gasteiger partial charge in [0, 0.05) is 6.54 Å². The van der Waals surface area contributed by atoms with E-state index in [0.29, 0.717) is 6.29 Å². The van der Waals surface area contributed by atoms with Crippen LogP contribution in [0.15, 0.2) is 30.3 Å². The van der Waals surface area contributed by atoms with Crippen molar-refractivity contribution >= 4 is 18.5 Å². The second-order valence-corrected chi connectivity index (χ2v) is 5.83. The highest BCUT2D eigenvalue weighted by molar-refractivity contribution is 5.74. The molecule has 1 rings (SSSR count). The number of carbonyl (C=O) groups excluding carboxylic acids is 3. The first-order valence-corrected chi connectivity index (χ1v) is 7.19. The standard InChI is InChI=1S/C16H22N2O5/c1-16(2,3)23-15(21)18-13(10-19)9-17-14(20)22-11-12-7-5-4-6-8-12/h4-8,10,13H,9,11H2,1-3H3,(H,17,20)(H,18,21). The Balaban J connectivity index is 2.32. The monoisotopic (exact) mass is 322 g/mol. The lowest BCUT2D eigenvalue weighted by Gasteiger charge is -2.21. The molecule has 0 aliphatic rings. The minimum absolute atomic E-state index is 0.0869. The van der Waals surface area contributed by atoms with E-state index in [9.17, 15) is 14.4 Å². The third kappa shape index (κ3) is 8.45. The van der Waals surface area contributed by atoms with Crippen LogP contribution < -0.4 is 10.6 Å². The number of hydrogen-bond acceptors (Lipinski definition) is 5. The maximum Gasteiger partial charge on any atom is 0.408 e. The molecule has 0 saturated heterocycles. The van der Waals surface area contributed by atoms with Gasteiger partial charge in [-0.1, -0.05) is 30.3 Å². The van der Waals surface area contributed by atoms with E-state index in [1.807, 2.05) is 30.3 Å². The molecule has 2 amide bonds. The summed E-state index contributed by atoms with van der Waals surface area (Å²) < 4.78 is 10.0. The van der Waals surface area contributed by atoms with Gasteiger partial charge >= 0.3 is 12.2 Å². The van der Waals surface area contributed by atoms with Gasteiger partial charge in [-0.2, -0.15) is 0 Å². The number of rotatable bonds is 6. The number of nitrogens with one attached hydrogen (secondary N) is 2. The summed E-state index contributed by atoms with van der Waals surface area (Å²) in [5.74, 6) is 0. The quantitative estimate of drug-likeness (QED) is 0.781. The predicted molar refractivity (Wildman–Crippen MR) is 83.9 cm³/mol. The first kappa shape index (κ1) is 18.5. The zero-order valence-corrected chi connectivity index (χ0v) is 13.5. The number of amides is 2. The van der Waals surface area contributed by atoms with Crippen molar-refractivity contribution in [3.63, 3.8) is 0 Å². The highest BCUT2D eigenvalue weighted by Gasteiger charge is 2.19. The van der Waals surface area contributed by atoms with E-state index in [1.165, 1.54) is 0 Å². The molecule has 23 heavy (non-hydrogen) atoms. The van der Waals surface area contributed by atoms with Crippen LogP contribution >= 0.6 is 0 Å². The second kappa shape index (κ2) is 8.77. The van der Waals surface area contributed by atoms with Crippen LogP contribution in [0.3, 0.4) is 0 Å². The fourth-order valence-corrected chi connectivity index (χ4v) is 1.56. The molecule has 7 heteroatoms.